The molecule has 3 N–H and O–H groups in total. The van der Waals surface area contributed by atoms with Crippen LogP contribution in [0.4, 0.5) is 0 Å². The molecular formula is C76H144O17P2. The second-order valence-corrected chi connectivity index (χ2v) is 31.0. The molecule has 0 aromatic heterocycles. The van der Waals surface area contributed by atoms with E-state index in [9.17, 15) is 43.2 Å². The van der Waals surface area contributed by atoms with Crippen LogP contribution in [-0.4, -0.2) is 96.7 Å². The first-order chi connectivity index (χ1) is 45.7. The predicted molar refractivity (Wildman–Crippen MR) is 386 cm³/mol. The van der Waals surface area contributed by atoms with Gasteiger partial charge in [-0.3, -0.25) is 37.3 Å². The number of aliphatic hydroxyl groups excluding tert-OH is 1. The molecule has 0 rings (SSSR count). The van der Waals surface area contributed by atoms with E-state index in [4.69, 9.17) is 37.0 Å². The fourth-order valence-electron chi connectivity index (χ4n) is 11.1. The summed E-state index contributed by atoms with van der Waals surface area (Å²) in [7, 11) is -9.92. The highest BCUT2D eigenvalue weighted by atomic mass is 31.2. The summed E-state index contributed by atoms with van der Waals surface area (Å²) >= 11 is 0. The van der Waals surface area contributed by atoms with Crippen molar-refractivity contribution in [3.05, 3.63) is 24.3 Å². The lowest BCUT2D eigenvalue weighted by atomic mass is 10.0. The van der Waals surface area contributed by atoms with Gasteiger partial charge in [0.2, 0.25) is 0 Å². The summed E-state index contributed by atoms with van der Waals surface area (Å²) in [6, 6.07) is 0. The Balaban J connectivity index is 5.27. The third-order valence-corrected chi connectivity index (χ3v) is 18.9. The molecule has 0 heterocycles. The van der Waals surface area contributed by atoms with Gasteiger partial charge in [0, 0.05) is 25.7 Å². The number of phosphoric acid groups is 2. The molecule has 0 saturated carbocycles. The summed E-state index contributed by atoms with van der Waals surface area (Å²) in [4.78, 5) is 72.8. The smallest absolute Gasteiger partial charge is 0.462 e. The highest BCUT2D eigenvalue weighted by molar-refractivity contribution is 7.47. The SMILES string of the molecule is CCCCCC/C=C\C=C/CCCCCCCC(=O)OC[C@H](COP(=O)(O)OCC(O)COP(=O)(O)OC[C@@H](COC(=O)CCCCCCCCCC(C)C)OC(=O)CCCCCCCCCCCCCCCCC(C)C)OC(=O)CCCCCCCCCCCCC(C)C. The van der Waals surface area contributed by atoms with Crippen molar-refractivity contribution in [2.75, 3.05) is 39.6 Å². The molecule has 0 bridgehead atoms. The molecule has 3 unspecified atom stereocenters. The van der Waals surface area contributed by atoms with Crippen molar-refractivity contribution >= 4 is 39.5 Å². The van der Waals surface area contributed by atoms with Crippen LogP contribution in [0, 0.1) is 17.8 Å². The molecular weight excluding hydrogens is 1250 g/mol. The Morgan fingerprint density at radius 2 is 0.568 bits per heavy atom. The lowest BCUT2D eigenvalue weighted by Crippen LogP contribution is -2.30. The minimum Gasteiger partial charge on any atom is -0.462 e. The van der Waals surface area contributed by atoms with E-state index in [1.165, 1.54) is 148 Å². The van der Waals surface area contributed by atoms with Crippen LogP contribution in [0.5, 0.6) is 0 Å². The van der Waals surface area contributed by atoms with Crippen LogP contribution >= 0.6 is 15.6 Å². The standard InChI is InChI=1S/C76H144O17P2/c1-8-9-10-11-12-13-14-15-16-20-23-29-36-43-50-57-73(78)86-63-71(92-76(81)60-53-46-38-31-26-25-28-34-41-48-55-68(4)5)65-90-94(82,83)88-61-70(77)62-89-95(84,85)91-66-72(64-87-74(79)58-51-44-39-32-35-42-49-56-69(6)7)93-75(80)59-52-45-37-30-24-21-18-17-19-22-27-33-40-47-54-67(2)3/h13-16,67-72,77H,8-12,17-66H2,1-7H3,(H,82,83)(H,84,85)/b14-13-,16-15-/t70?,71-,72-/m1/s1. The monoisotopic (exact) mass is 1390 g/mol. The van der Waals surface area contributed by atoms with E-state index in [1.54, 1.807) is 0 Å². The lowest BCUT2D eigenvalue weighted by molar-refractivity contribution is -0.161. The maximum Gasteiger partial charge on any atom is 0.472 e. The van der Waals surface area contributed by atoms with Gasteiger partial charge in [-0.05, 0) is 69.1 Å². The summed E-state index contributed by atoms with van der Waals surface area (Å²) in [5, 5.41) is 10.6. The molecule has 95 heavy (non-hydrogen) atoms. The summed E-state index contributed by atoms with van der Waals surface area (Å²) in [6.07, 6.45) is 55.0. The number of hydrogen-bond donors (Lipinski definition) is 3. The Hall–Kier alpha value is -2.46. The molecule has 0 saturated heterocycles. The Bertz CT molecular complexity index is 1950. The van der Waals surface area contributed by atoms with Crippen molar-refractivity contribution in [1.29, 1.82) is 0 Å². The van der Waals surface area contributed by atoms with Crippen LogP contribution in [-0.2, 0) is 65.4 Å². The van der Waals surface area contributed by atoms with E-state index in [1.807, 2.05) is 0 Å². The molecule has 5 atom stereocenters. The van der Waals surface area contributed by atoms with Gasteiger partial charge in [-0.15, -0.1) is 0 Å². The molecule has 0 fully saturated rings. The molecule has 19 heteroatoms. The quantitative estimate of drug-likeness (QED) is 0.0169. The number of esters is 4. The fraction of sp³-hybridized carbons (Fsp3) is 0.895. The maximum absolute atomic E-state index is 13.1. The number of unbranched alkanes of at least 4 members (excludes halogenated alkanes) is 37. The van der Waals surface area contributed by atoms with Crippen molar-refractivity contribution in [2.45, 2.75) is 381 Å². The highest BCUT2D eigenvalue weighted by Gasteiger charge is 2.30. The maximum atomic E-state index is 13.1. The first-order valence-corrected chi connectivity index (χ1v) is 41.7. The molecule has 17 nitrogen and oxygen atoms in total. The number of aliphatic hydroxyl groups is 1. The van der Waals surface area contributed by atoms with Crippen LogP contribution < -0.4 is 0 Å². The molecule has 0 aliphatic rings. The predicted octanol–water partition coefficient (Wildman–Crippen LogP) is 21.7. The molecule has 0 aliphatic carbocycles. The minimum absolute atomic E-state index is 0.0987. The van der Waals surface area contributed by atoms with Gasteiger partial charge in [-0.1, -0.05) is 310 Å². The normalized spacial score (nSPS) is 14.2. The molecule has 0 spiro atoms. The van der Waals surface area contributed by atoms with Crippen molar-refractivity contribution in [1.82, 2.24) is 0 Å². The average Bonchev–Trinajstić information content (AvgIpc) is 3.18. The zero-order valence-corrected chi connectivity index (χ0v) is 63.4. The topological polar surface area (TPSA) is 237 Å². The first-order valence-electron chi connectivity index (χ1n) is 38.7. The molecule has 0 radical (unpaired) electrons. The number of carbonyl (C=O) groups excluding carboxylic acids is 4. The third kappa shape index (κ3) is 69.8. The summed E-state index contributed by atoms with van der Waals surface area (Å²) in [5.74, 6) is 0.0970. The number of ether oxygens (including phenoxy) is 4. The van der Waals surface area contributed by atoms with E-state index < -0.39 is 97.5 Å². The van der Waals surface area contributed by atoms with Gasteiger partial charge in [-0.2, -0.15) is 0 Å². The number of phosphoric ester groups is 2. The minimum atomic E-state index is -4.96. The summed E-state index contributed by atoms with van der Waals surface area (Å²) in [5.41, 5.74) is 0. The Kier molecular flexibility index (Phi) is 64.4. The second kappa shape index (κ2) is 66.1. The van der Waals surface area contributed by atoms with Crippen LogP contribution in [0.15, 0.2) is 24.3 Å². The summed E-state index contributed by atoms with van der Waals surface area (Å²) in [6.45, 7) is 11.8. The van der Waals surface area contributed by atoms with Crippen molar-refractivity contribution < 1.29 is 80.2 Å². The van der Waals surface area contributed by atoms with E-state index in [0.717, 1.165) is 127 Å². The molecule has 560 valence electrons. The van der Waals surface area contributed by atoms with Gasteiger partial charge in [-0.25, -0.2) is 9.13 Å². The molecule has 0 aromatic rings. The van der Waals surface area contributed by atoms with Gasteiger partial charge in [0.05, 0.1) is 26.4 Å². The summed E-state index contributed by atoms with van der Waals surface area (Å²) < 4.78 is 68.5. The zero-order chi connectivity index (χ0) is 70.1. The number of rotatable bonds is 72. The zero-order valence-electron chi connectivity index (χ0n) is 61.6. The van der Waals surface area contributed by atoms with Crippen LogP contribution in [0.1, 0.15) is 363 Å². The molecule has 0 aromatic carbocycles. The van der Waals surface area contributed by atoms with Crippen molar-refractivity contribution in [2.24, 2.45) is 17.8 Å². The molecule has 0 amide bonds. The number of allylic oxidation sites excluding steroid dienone is 4. The number of hydrogen-bond acceptors (Lipinski definition) is 15. The van der Waals surface area contributed by atoms with Gasteiger partial charge in [0.15, 0.2) is 12.2 Å². The fourth-order valence-corrected chi connectivity index (χ4v) is 12.6. The van der Waals surface area contributed by atoms with E-state index in [2.05, 4.69) is 72.8 Å². The van der Waals surface area contributed by atoms with Gasteiger partial charge >= 0.3 is 39.5 Å². The van der Waals surface area contributed by atoms with E-state index in [0.29, 0.717) is 31.6 Å². The molecule has 0 aliphatic heterocycles. The van der Waals surface area contributed by atoms with Gasteiger partial charge in [0.1, 0.15) is 19.3 Å². The lowest BCUT2D eigenvalue weighted by Gasteiger charge is -2.21. The Morgan fingerprint density at radius 1 is 0.326 bits per heavy atom. The van der Waals surface area contributed by atoms with E-state index in [-0.39, 0.29) is 25.7 Å². The van der Waals surface area contributed by atoms with Crippen molar-refractivity contribution in [3.8, 4) is 0 Å². The van der Waals surface area contributed by atoms with Crippen LogP contribution in [0.2, 0.25) is 0 Å². The Labute approximate surface area is 580 Å². The third-order valence-electron chi connectivity index (χ3n) is 17.0. The first kappa shape index (κ1) is 92.5. The largest absolute Gasteiger partial charge is 0.472 e. The van der Waals surface area contributed by atoms with Crippen LogP contribution in [0.25, 0.3) is 0 Å². The van der Waals surface area contributed by atoms with Gasteiger partial charge < -0.3 is 33.8 Å². The van der Waals surface area contributed by atoms with Gasteiger partial charge in [0.25, 0.3) is 0 Å². The van der Waals surface area contributed by atoms with E-state index >= 15 is 0 Å². The number of carbonyl (C=O) groups is 4. The average molecular weight is 1390 g/mol. The van der Waals surface area contributed by atoms with Crippen LogP contribution in [0.3, 0.4) is 0 Å². The Morgan fingerprint density at radius 3 is 0.853 bits per heavy atom. The highest BCUT2D eigenvalue weighted by Crippen LogP contribution is 2.45. The van der Waals surface area contributed by atoms with Crippen molar-refractivity contribution in [3.63, 3.8) is 0 Å². The second-order valence-electron chi connectivity index (χ2n) is 28.1.